The van der Waals surface area contributed by atoms with E-state index in [1.54, 1.807) is 4.57 Å². The number of imidazole rings is 1. The van der Waals surface area contributed by atoms with Crippen LogP contribution in [0, 0.1) is 0 Å². The Morgan fingerprint density at radius 3 is 2.52 bits per heavy atom. The number of hydrogen-bond donors (Lipinski definition) is 0. The minimum absolute atomic E-state index is 0.203. The molecule has 10 heteroatoms. The monoisotopic (exact) mass is 368 g/mol. The zero-order valence-corrected chi connectivity index (χ0v) is 14.6. The van der Waals surface area contributed by atoms with Gasteiger partial charge in [-0.15, -0.1) is 0 Å². The molecule has 1 unspecified atom stereocenters. The fraction of sp³-hybridized carbons (Fsp3) is 0.533. The highest BCUT2D eigenvalue weighted by molar-refractivity contribution is 6.33. The second kappa shape index (κ2) is 6.93. The van der Waals surface area contributed by atoms with Crippen LogP contribution in [0.5, 0.6) is 0 Å². The fourth-order valence-electron chi connectivity index (χ4n) is 2.92. The maximum Gasteiger partial charge on any atom is 0.303 e. The van der Waals surface area contributed by atoms with Crippen LogP contribution in [0.4, 0.5) is 0 Å². The van der Waals surface area contributed by atoms with Gasteiger partial charge in [-0.3, -0.25) is 14.2 Å². The molecule has 9 nitrogen and oxygen atoms in total. The van der Waals surface area contributed by atoms with Crippen LogP contribution in [0.15, 0.2) is 12.7 Å². The number of aromatic nitrogens is 4. The second-order valence-electron chi connectivity index (χ2n) is 5.61. The number of fused-ring (bicyclic) bond motifs is 1. The maximum atomic E-state index is 11.6. The van der Waals surface area contributed by atoms with Gasteiger partial charge < -0.3 is 14.2 Å². The summed E-state index contributed by atoms with van der Waals surface area (Å²) in [5, 5.41) is 0.203. The highest BCUT2D eigenvalue weighted by Gasteiger charge is 2.49. The molecule has 1 aliphatic rings. The Balaban J connectivity index is 2.04. The molecule has 0 aromatic carbocycles. The molecule has 0 spiro atoms. The summed E-state index contributed by atoms with van der Waals surface area (Å²) >= 11 is 6.03. The fourth-order valence-corrected chi connectivity index (χ4v) is 3.10. The van der Waals surface area contributed by atoms with Crippen molar-refractivity contribution in [3.63, 3.8) is 0 Å². The molecule has 1 fully saturated rings. The van der Waals surface area contributed by atoms with Crippen molar-refractivity contribution < 1.29 is 23.8 Å². The van der Waals surface area contributed by atoms with E-state index in [9.17, 15) is 9.59 Å². The number of carbonyl (C=O) groups excluding carboxylic acids is 2. The minimum atomic E-state index is -0.836. The van der Waals surface area contributed by atoms with E-state index in [0.717, 1.165) is 0 Å². The van der Waals surface area contributed by atoms with Gasteiger partial charge in [-0.05, 0) is 6.42 Å². The van der Waals surface area contributed by atoms with Gasteiger partial charge in [0.05, 0.1) is 6.33 Å². The standard InChI is InChI=1S/C15H17ClN4O5/c1-4-9-11(23-7(2)21)12(24-8(3)22)15(25-9)20-6-19-10-13(16)17-5-18-14(10)20/h5-6,9,11-12,15H,4H2,1-3H3/t9-,11?,12+,15-/m1/s1. The van der Waals surface area contributed by atoms with Crippen LogP contribution < -0.4 is 0 Å². The van der Waals surface area contributed by atoms with Gasteiger partial charge >= 0.3 is 11.9 Å². The summed E-state index contributed by atoms with van der Waals surface area (Å²) < 4.78 is 18.4. The summed E-state index contributed by atoms with van der Waals surface area (Å²) in [7, 11) is 0. The first-order valence-corrected chi connectivity index (χ1v) is 8.13. The van der Waals surface area contributed by atoms with Gasteiger partial charge in [0.15, 0.2) is 29.2 Å². The molecule has 2 aromatic rings. The van der Waals surface area contributed by atoms with Gasteiger partial charge in [0, 0.05) is 13.8 Å². The molecular formula is C15H17ClN4O5. The number of esters is 2. The van der Waals surface area contributed by atoms with Crippen LogP contribution in [-0.4, -0.2) is 49.8 Å². The third-order valence-corrected chi connectivity index (χ3v) is 4.16. The van der Waals surface area contributed by atoms with Crippen molar-refractivity contribution in [3.8, 4) is 0 Å². The molecular weight excluding hydrogens is 352 g/mol. The van der Waals surface area contributed by atoms with E-state index in [4.69, 9.17) is 25.8 Å². The van der Waals surface area contributed by atoms with E-state index in [-0.39, 0.29) is 5.15 Å². The third-order valence-electron chi connectivity index (χ3n) is 3.88. The van der Waals surface area contributed by atoms with Crippen molar-refractivity contribution in [2.45, 2.75) is 51.7 Å². The molecule has 1 aliphatic heterocycles. The van der Waals surface area contributed by atoms with Crippen LogP contribution in [0.25, 0.3) is 11.2 Å². The number of carbonyl (C=O) groups is 2. The van der Waals surface area contributed by atoms with Gasteiger partial charge in [-0.1, -0.05) is 18.5 Å². The molecule has 4 atom stereocenters. The molecule has 2 aromatic heterocycles. The van der Waals surface area contributed by atoms with Gasteiger partial charge in [0.2, 0.25) is 0 Å². The Morgan fingerprint density at radius 2 is 1.88 bits per heavy atom. The van der Waals surface area contributed by atoms with E-state index >= 15 is 0 Å². The Labute approximate surface area is 148 Å². The van der Waals surface area contributed by atoms with Crippen molar-refractivity contribution >= 4 is 34.7 Å². The average molecular weight is 369 g/mol. The van der Waals surface area contributed by atoms with E-state index in [2.05, 4.69) is 15.0 Å². The molecule has 0 bridgehead atoms. The molecule has 134 valence electrons. The van der Waals surface area contributed by atoms with Gasteiger partial charge in [-0.2, -0.15) is 0 Å². The van der Waals surface area contributed by atoms with Crippen molar-refractivity contribution in [2.75, 3.05) is 0 Å². The lowest BCUT2D eigenvalue weighted by atomic mass is 10.1. The smallest absolute Gasteiger partial charge is 0.303 e. The third kappa shape index (κ3) is 3.29. The van der Waals surface area contributed by atoms with Crippen LogP contribution >= 0.6 is 11.6 Å². The first-order chi connectivity index (χ1) is 11.9. The Bertz CT molecular complexity index is 810. The van der Waals surface area contributed by atoms with Gasteiger partial charge in [0.1, 0.15) is 17.9 Å². The highest BCUT2D eigenvalue weighted by atomic mass is 35.5. The summed E-state index contributed by atoms with van der Waals surface area (Å²) in [6.07, 6.45) is 0.592. The van der Waals surface area contributed by atoms with E-state index < -0.39 is 36.5 Å². The second-order valence-corrected chi connectivity index (χ2v) is 5.97. The summed E-state index contributed by atoms with van der Waals surface area (Å²) in [6.45, 7) is 4.47. The first-order valence-electron chi connectivity index (χ1n) is 7.75. The van der Waals surface area contributed by atoms with Gasteiger partial charge in [-0.25, -0.2) is 15.0 Å². The van der Waals surface area contributed by atoms with Crippen LogP contribution in [0.2, 0.25) is 5.15 Å². The van der Waals surface area contributed by atoms with Gasteiger partial charge in [0.25, 0.3) is 0 Å². The number of ether oxygens (including phenoxy) is 3. The molecule has 1 saturated heterocycles. The molecule has 0 radical (unpaired) electrons. The van der Waals surface area contributed by atoms with E-state index in [1.165, 1.54) is 26.5 Å². The molecule has 0 saturated carbocycles. The summed E-state index contributed by atoms with van der Waals surface area (Å²) in [4.78, 5) is 35.3. The Kier molecular flexibility index (Phi) is 4.87. The Morgan fingerprint density at radius 1 is 1.20 bits per heavy atom. The van der Waals surface area contributed by atoms with Crippen molar-refractivity contribution in [1.29, 1.82) is 0 Å². The zero-order chi connectivity index (χ0) is 18.1. The lowest BCUT2D eigenvalue weighted by Gasteiger charge is -2.23. The Hall–Kier alpha value is -2.26. The molecule has 0 amide bonds. The maximum absolute atomic E-state index is 11.6. The summed E-state index contributed by atoms with van der Waals surface area (Å²) in [6, 6.07) is 0. The number of halogens is 1. The lowest BCUT2D eigenvalue weighted by Crippen LogP contribution is -2.38. The zero-order valence-electron chi connectivity index (χ0n) is 13.9. The van der Waals surface area contributed by atoms with Crippen LogP contribution in [0.3, 0.4) is 0 Å². The quantitative estimate of drug-likeness (QED) is 0.592. The summed E-state index contributed by atoms with van der Waals surface area (Å²) in [5.74, 6) is -0.990. The van der Waals surface area contributed by atoms with Crippen molar-refractivity contribution in [3.05, 3.63) is 17.8 Å². The topological polar surface area (TPSA) is 105 Å². The highest BCUT2D eigenvalue weighted by Crippen LogP contribution is 2.37. The number of nitrogens with zero attached hydrogens (tertiary/aromatic N) is 4. The number of rotatable bonds is 4. The van der Waals surface area contributed by atoms with E-state index in [0.29, 0.717) is 17.6 Å². The normalized spacial score (nSPS) is 25.9. The first kappa shape index (κ1) is 17.6. The number of hydrogen-bond acceptors (Lipinski definition) is 8. The van der Waals surface area contributed by atoms with Crippen molar-refractivity contribution in [1.82, 2.24) is 19.5 Å². The molecule has 25 heavy (non-hydrogen) atoms. The predicted octanol–water partition coefficient (Wildman–Crippen LogP) is 1.65. The molecule has 3 heterocycles. The van der Waals surface area contributed by atoms with Crippen molar-refractivity contribution in [2.24, 2.45) is 0 Å². The summed E-state index contributed by atoms with van der Waals surface area (Å²) in [5.41, 5.74) is 0.832. The molecule has 3 rings (SSSR count). The largest absolute Gasteiger partial charge is 0.456 e. The lowest BCUT2D eigenvalue weighted by molar-refractivity contribution is -0.165. The van der Waals surface area contributed by atoms with E-state index in [1.807, 2.05) is 6.92 Å². The SMILES string of the molecule is CC[C@H]1O[C@@H](n2cnc3c(Cl)ncnc32)[C@@H](OC(C)=O)C1OC(C)=O. The molecule has 0 aliphatic carbocycles. The average Bonchev–Trinajstić information content (AvgIpc) is 3.10. The predicted molar refractivity (Wildman–Crippen MR) is 85.6 cm³/mol. The minimum Gasteiger partial charge on any atom is -0.456 e. The van der Waals surface area contributed by atoms with Crippen LogP contribution in [0.1, 0.15) is 33.4 Å². The molecule has 0 N–H and O–H groups in total. The van der Waals surface area contributed by atoms with Crippen LogP contribution in [-0.2, 0) is 23.8 Å².